The van der Waals surface area contributed by atoms with Crippen LogP contribution in [0.15, 0.2) is 65.8 Å². The summed E-state index contributed by atoms with van der Waals surface area (Å²) in [7, 11) is 1.55. The normalized spacial score (nSPS) is 10.7. The highest BCUT2D eigenvalue weighted by molar-refractivity contribution is 14.1. The van der Waals surface area contributed by atoms with Crippen molar-refractivity contribution in [1.29, 1.82) is 0 Å². The van der Waals surface area contributed by atoms with E-state index < -0.39 is 0 Å². The molecule has 0 unspecified atom stereocenters. The van der Waals surface area contributed by atoms with E-state index in [1.807, 2.05) is 56.3 Å². The first-order chi connectivity index (χ1) is 16.5. The number of rotatable bonds is 11. The first-order valence-electron chi connectivity index (χ1n) is 10.8. The highest BCUT2D eigenvalue weighted by Gasteiger charge is 2.13. The first-order valence-corrected chi connectivity index (χ1v) is 11.9. The van der Waals surface area contributed by atoms with E-state index in [0.29, 0.717) is 48.4 Å². The molecule has 178 valence electrons. The number of carbonyl (C=O) groups excluding carboxylic acids is 1. The third-order valence-corrected chi connectivity index (χ3v) is 5.46. The van der Waals surface area contributed by atoms with Gasteiger partial charge in [-0.1, -0.05) is 30.3 Å². The maximum atomic E-state index is 12.5. The van der Waals surface area contributed by atoms with Crippen LogP contribution < -0.4 is 24.4 Å². The van der Waals surface area contributed by atoms with E-state index >= 15 is 0 Å². The topological polar surface area (TPSA) is 78.4 Å². The lowest BCUT2D eigenvalue weighted by Gasteiger charge is -2.14. The molecule has 0 bridgehead atoms. The molecule has 0 aliphatic rings. The molecule has 0 spiro atoms. The lowest BCUT2D eigenvalue weighted by Crippen LogP contribution is -2.17. The molecular formula is C26H27IN2O5. The van der Waals surface area contributed by atoms with E-state index in [4.69, 9.17) is 18.9 Å². The molecule has 1 N–H and O–H groups in total. The average molecular weight is 574 g/mol. The Hall–Kier alpha value is -3.27. The van der Waals surface area contributed by atoms with Crippen LogP contribution in [0.5, 0.6) is 23.0 Å². The van der Waals surface area contributed by atoms with Crippen LogP contribution in [0, 0.1) is 3.57 Å². The van der Waals surface area contributed by atoms with Crippen LogP contribution >= 0.6 is 22.6 Å². The summed E-state index contributed by atoms with van der Waals surface area (Å²) in [5.41, 5.74) is 4.80. The molecule has 0 aliphatic carbocycles. The predicted octanol–water partition coefficient (Wildman–Crippen LogP) is 5.44. The molecule has 3 aromatic carbocycles. The largest absolute Gasteiger partial charge is 0.493 e. The Kier molecular flexibility index (Phi) is 9.57. The zero-order chi connectivity index (χ0) is 24.3. The van der Waals surface area contributed by atoms with Gasteiger partial charge in [0.15, 0.2) is 23.0 Å². The van der Waals surface area contributed by atoms with Crippen molar-refractivity contribution in [1.82, 2.24) is 5.43 Å². The molecule has 0 saturated heterocycles. The van der Waals surface area contributed by atoms with Gasteiger partial charge in [0.2, 0.25) is 0 Å². The second-order valence-corrected chi connectivity index (χ2v) is 8.20. The van der Waals surface area contributed by atoms with Crippen LogP contribution in [-0.4, -0.2) is 32.4 Å². The fourth-order valence-electron chi connectivity index (χ4n) is 3.11. The summed E-state index contributed by atoms with van der Waals surface area (Å²) < 4.78 is 23.5. The quantitative estimate of drug-likeness (QED) is 0.188. The summed E-state index contributed by atoms with van der Waals surface area (Å²) in [5.74, 6) is 2.00. The molecule has 7 nitrogen and oxygen atoms in total. The summed E-state index contributed by atoms with van der Waals surface area (Å²) in [5, 5.41) is 4.11. The fourth-order valence-corrected chi connectivity index (χ4v) is 3.89. The van der Waals surface area contributed by atoms with E-state index in [1.165, 1.54) is 0 Å². The number of carbonyl (C=O) groups is 1. The van der Waals surface area contributed by atoms with E-state index in [9.17, 15) is 4.79 Å². The Bertz CT molecular complexity index is 1140. The van der Waals surface area contributed by atoms with Gasteiger partial charge in [0, 0.05) is 5.56 Å². The molecule has 3 aromatic rings. The lowest BCUT2D eigenvalue weighted by atomic mass is 10.2. The van der Waals surface area contributed by atoms with Gasteiger partial charge in [-0.3, -0.25) is 4.79 Å². The minimum atomic E-state index is -0.359. The van der Waals surface area contributed by atoms with Crippen molar-refractivity contribution in [3.05, 3.63) is 80.9 Å². The van der Waals surface area contributed by atoms with E-state index in [2.05, 4.69) is 33.1 Å². The van der Waals surface area contributed by atoms with E-state index in [-0.39, 0.29) is 5.91 Å². The Morgan fingerprint density at radius 3 is 2.38 bits per heavy atom. The van der Waals surface area contributed by atoms with Crippen molar-refractivity contribution in [2.75, 3.05) is 20.3 Å². The van der Waals surface area contributed by atoms with Crippen LogP contribution in [0.2, 0.25) is 0 Å². The van der Waals surface area contributed by atoms with Crippen molar-refractivity contribution in [3.63, 3.8) is 0 Å². The molecule has 0 fully saturated rings. The Morgan fingerprint density at radius 2 is 1.68 bits per heavy atom. The van der Waals surface area contributed by atoms with Crippen molar-refractivity contribution >= 4 is 34.7 Å². The molecule has 34 heavy (non-hydrogen) atoms. The Labute approximate surface area is 213 Å². The summed E-state index contributed by atoms with van der Waals surface area (Å²) in [6.45, 7) is 5.18. The summed E-state index contributed by atoms with van der Waals surface area (Å²) in [6.07, 6.45) is 1.57. The minimum absolute atomic E-state index is 0.359. The van der Waals surface area contributed by atoms with Crippen LogP contribution in [-0.2, 0) is 6.61 Å². The number of ether oxygens (including phenoxy) is 4. The van der Waals surface area contributed by atoms with E-state index in [1.54, 1.807) is 31.5 Å². The molecule has 0 heterocycles. The predicted molar refractivity (Wildman–Crippen MR) is 140 cm³/mol. The number of hydrogen-bond acceptors (Lipinski definition) is 6. The third kappa shape index (κ3) is 6.86. The number of nitrogens with one attached hydrogen (secondary N) is 1. The van der Waals surface area contributed by atoms with Crippen molar-refractivity contribution in [2.45, 2.75) is 20.5 Å². The molecule has 3 rings (SSSR count). The molecule has 0 aliphatic heterocycles. The van der Waals surface area contributed by atoms with Crippen molar-refractivity contribution < 1.29 is 23.7 Å². The van der Waals surface area contributed by atoms with Gasteiger partial charge in [-0.05, 0) is 77.9 Å². The van der Waals surface area contributed by atoms with Gasteiger partial charge >= 0.3 is 0 Å². The van der Waals surface area contributed by atoms with Gasteiger partial charge in [-0.2, -0.15) is 5.10 Å². The Morgan fingerprint density at radius 1 is 0.941 bits per heavy atom. The number of benzene rings is 3. The zero-order valence-electron chi connectivity index (χ0n) is 19.3. The van der Waals surface area contributed by atoms with Crippen LogP contribution in [0.4, 0.5) is 0 Å². The second-order valence-electron chi connectivity index (χ2n) is 7.04. The fraction of sp³-hybridized carbons (Fsp3) is 0.231. The number of nitrogens with zero attached hydrogens (tertiary/aromatic N) is 1. The average Bonchev–Trinajstić information content (AvgIpc) is 2.84. The van der Waals surface area contributed by atoms with E-state index in [0.717, 1.165) is 14.7 Å². The zero-order valence-corrected chi connectivity index (χ0v) is 21.5. The van der Waals surface area contributed by atoms with Crippen LogP contribution in [0.25, 0.3) is 0 Å². The first kappa shape index (κ1) is 25.4. The summed E-state index contributed by atoms with van der Waals surface area (Å²) in [4.78, 5) is 12.5. The number of halogens is 1. The van der Waals surface area contributed by atoms with Gasteiger partial charge in [0.05, 0.1) is 30.1 Å². The number of hydrogen-bond donors (Lipinski definition) is 1. The highest BCUT2D eigenvalue weighted by Crippen LogP contribution is 2.34. The monoisotopic (exact) mass is 574 g/mol. The van der Waals surface area contributed by atoms with Gasteiger partial charge < -0.3 is 18.9 Å². The van der Waals surface area contributed by atoms with Crippen LogP contribution in [0.1, 0.15) is 35.3 Å². The molecule has 1 amide bonds. The number of hydrazone groups is 1. The standard InChI is InChI=1S/C26H27IN2O5/c1-4-32-23-15-20(11-12-22(23)31-3)26(30)29-28-16-19-13-21(27)25(24(14-19)33-5-2)34-17-18-9-7-6-8-10-18/h6-16H,4-5,17H2,1-3H3,(H,29,30)/b28-16+. The molecule has 8 heteroatoms. The number of methoxy groups -OCH3 is 1. The maximum Gasteiger partial charge on any atom is 0.271 e. The molecule has 0 atom stereocenters. The lowest BCUT2D eigenvalue weighted by molar-refractivity contribution is 0.0954. The second kappa shape index (κ2) is 12.8. The molecule has 0 aromatic heterocycles. The van der Waals surface area contributed by atoms with Gasteiger partial charge in [0.1, 0.15) is 6.61 Å². The molecular weight excluding hydrogens is 547 g/mol. The minimum Gasteiger partial charge on any atom is -0.493 e. The van der Waals surface area contributed by atoms with Gasteiger partial charge in [-0.15, -0.1) is 0 Å². The van der Waals surface area contributed by atoms with Gasteiger partial charge in [-0.25, -0.2) is 5.43 Å². The smallest absolute Gasteiger partial charge is 0.271 e. The molecule has 0 radical (unpaired) electrons. The van der Waals surface area contributed by atoms with Crippen molar-refractivity contribution in [3.8, 4) is 23.0 Å². The highest BCUT2D eigenvalue weighted by atomic mass is 127. The SMILES string of the molecule is CCOc1cc(C(=O)N/N=C/c2cc(I)c(OCc3ccccc3)c(OCC)c2)ccc1OC. The number of amides is 1. The Balaban J connectivity index is 1.71. The van der Waals surface area contributed by atoms with Gasteiger partial charge in [0.25, 0.3) is 5.91 Å². The van der Waals surface area contributed by atoms with Crippen LogP contribution in [0.3, 0.4) is 0 Å². The summed E-state index contributed by atoms with van der Waals surface area (Å²) in [6, 6.07) is 18.7. The third-order valence-electron chi connectivity index (χ3n) is 4.66. The maximum absolute atomic E-state index is 12.5. The summed E-state index contributed by atoms with van der Waals surface area (Å²) >= 11 is 2.21. The molecule has 0 saturated carbocycles. The van der Waals surface area contributed by atoms with Crippen molar-refractivity contribution in [2.24, 2.45) is 5.10 Å².